The summed E-state index contributed by atoms with van der Waals surface area (Å²) in [4.78, 5) is 0. The molecule has 0 radical (unpaired) electrons. The zero-order chi connectivity index (χ0) is 11.8. The van der Waals surface area contributed by atoms with E-state index >= 15 is 0 Å². The Kier molecular flexibility index (Phi) is 5.90. The SMILES string of the molecule is COCc1ccccc1NCCOC(C)C. The Morgan fingerprint density at radius 1 is 1.25 bits per heavy atom. The number of hydrogen-bond acceptors (Lipinski definition) is 3. The fourth-order valence-electron chi connectivity index (χ4n) is 1.45. The van der Waals surface area contributed by atoms with Gasteiger partial charge in [0.1, 0.15) is 0 Å². The molecule has 0 spiro atoms. The molecular formula is C13H21NO2. The first-order chi connectivity index (χ1) is 7.74. The Morgan fingerprint density at radius 3 is 2.69 bits per heavy atom. The van der Waals surface area contributed by atoms with Crippen molar-refractivity contribution < 1.29 is 9.47 Å². The molecule has 0 atom stereocenters. The number of para-hydroxylation sites is 1. The van der Waals surface area contributed by atoms with E-state index in [4.69, 9.17) is 9.47 Å². The van der Waals surface area contributed by atoms with Gasteiger partial charge in [-0.15, -0.1) is 0 Å². The van der Waals surface area contributed by atoms with Crippen molar-refractivity contribution in [3.63, 3.8) is 0 Å². The van der Waals surface area contributed by atoms with E-state index in [2.05, 4.69) is 17.4 Å². The molecule has 0 heterocycles. The molecule has 0 aliphatic heterocycles. The minimum atomic E-state index is 0.288. The van der Waals surface area contributed by atoms with Crippen LogP contribution in [0, 0.1) is 0 Å². The van der Waals surface area contributed by atoms with Crippen molar-refractivity contribution >= 4 is 5.69 Å². The fourth-order valence-corrected chi connectivity index (χ4v) is 1.45. The van der Waals surface area contributed by atoms with E-state index in [0.29, 0.717) is 6.61 Å². The summed E-state index contributed by atoms with van der Waals surface area (Å²) in [6.45, 7) is 6.25. The standard InChI is InChI=1S/C13H21NO2/c1-11(2)16-9-8-14-13-7-5-4-6-12(13)10-15-3/h4-7,11,14H,8-10H2,1-3H3. The highest BCUT2D eigenvalue weighted by Gasteiger charge is 2.00. The van der Waals surface area contributed by atoms with Crippen LogP contribution in [-0.4, -0.2) is 26.4 Å². The largest absolute Gasteiger partial charge is 0.382 e. The Morgan fingerprint density at radius 2 is 2.00 bits per heavy atom. The predicted octanol–water partition coefficient (Wildman–Crippen LogP) is 2.67. The van der Waals surface area contributed by atoms with E-state index < -0.39 is 0 Å². The minimum absolute atomic E-state index is 0.288. The van der Waals surface area contributed by atoms with Gasteiger partial charge in [0.05, 0.1) is 19.3 Å². The van der Waals surface area contributed by atoms with Crippen molar-refractivity contribution in [1.29, 1.82) is 0 Å². The van der Waals surface area contributed by atoms with Crippen molar-refractivity contribution in [2.24, 2.45) is 0 Å². The molecule has 1 aromatic carbocycles. The molecule has 0 fully saturated rings. The molecule has 0 saturated carbocycles. The minimum Gasteiger partial charge on any atom is -0.382 e. The highest BCUT2D eigenvalue weighted by Crippen LogP contribution is 2.15. The van der Waals surface area contributed by atoms with Crippen molar-refractivity contribution in [1.82, 2.24) is 0 Å². The average Bonchev–Trinajstić information content (AvgIpc) is 2.26. The maximum absolute atomic E-state index is 5.47. The number of anilines is 1. The summed E-state index contributed by atoms with van der Waals surface area (Å²) in [6, 6.07) is 8.16. The zero-order valence-corrected chi connectivity index (χ0v) is 10.3. The lowest BCUT2D eigenvalue weighted by Gasteiger charge is -2.12. The third-order valence-corrected chi connectivity index (χ3v) is 2.19. The van der Waals surface area contributed by atoms with Gasteiger partial charge in [0.15, 0.2) is 0 Å². The second-order valence-corrected chi connectivity index (χ2v) is 3.94. The molecule has 0 saturated heterocycles. The molecule has 90 valence electrons. The van der Waals surface area contributed by atoms with Gasteiger partial charge in [0.2, 0.25) is 0 Å². The highest BCUT2D eigenvalue weighted by molar-refractivity contribution is 5.50. The van der Waals surface area contributed by atoms with Crippen LogP contribution in [0.1, 0.15) is 19.4 Å². The van der Waals surface area contributed by atoms with Gasteiger partial charge in [-0.25, -0.2) is 0 Å². The van der Waals surface area contributed by atoms with Gasteiger partial charge in [-0.2, -0.15) is 0 Å². The molecule has 1 N–H and O–H groups in total. The Labute approximate surface area is 97.8 Å². The first-order valence-corrected chi connectivity index (χ1v) is 5.66. The molecule has 1 aromatic rings. The number of ether oxygens (including phenoxy) is 2. The second kappa shape index (κ2) is 7.25. The molecule has 3 heteroatoms. The van der Waals surface area contributed by atoms with Gasteiger partial charge in [-0.1, -0.05) is 18.2 Å². The van der Waals surface area contributed by atoms with Crippen LogP contribution in [0.25, 0.3) is 0 Å². The van der Waals surface area contributed by atoms with Crippen LogP contribution in [0.15, 0.2) is 24.3 Å². The maximum atomic E-state index is 5.47. The van der Waals surface area contributed by atoms with Crippen LogP contribution >= 0.6 is 0 Å². The van der Waals surface area contributed by atoms with Crippen molar-refractivity contribution in [3.05, 3.63) is 29.8 Å². The summed E-state index contributed by atoms with van der Waals surface area (Å²) in [6.07, 6.45) is 0.288. The number of rotatable bonds is 7. The Bertz CT molecular complexity index is 300. The van der Waals surface area contributed by atoms with Crippen LogP contribution in [-0.2, 0) is 16.1 Å². The zero-order valence-electron chi connectivity index (χ0n) is 10.3. The van der Waals surface area contributed by atoms with Crippen molar-refractivity contribution in [3.8, 4) is 0 Å². The van der Waals surface area contributed by atoms with Crippen LogP contribution < -0.4 is 5.32 Å². The fraction of sp³-hybridized carbons (Fsp3) is 0.538. The first-order valence-electron chi connectivity index (χ1n) is 5.66. The average molecular weight is 223 g/mol. The normalized spacial score (nSPS) is 10.8. The van der Waals surface area contributed by atoms with Crippen LogP contribution in [0.5, 0.6) is 0 Å². The molecule has 0 aromatic heterocycles. The molecule has 0 aliphatic rings. The molecule has 0 amide bonds. The van der Waals surface area contributed by atoms with E-state index in [1.54, 1.807) is 7.11 Å². The summed E-state index contributed by atoms with van der Waals surface area (Å²) < 4.78 is 10.6. The monoisotopic (exact) mass is 223 g/mol. The van der Waals surface area contributed by atoms with Crippen LogP contribution in [0.4, 0.5) is 5.69 Å². The number of benzene rings is 1. The summed E-state index contributed by atoms with van der Waals surface area (Å²) in [5, 5.41) is 3.35. The lowest BCUT2D eigenvalue weighted by atomic mass is 10.2. The van der Waals surface area contributed by atoms with E-state index in [1.807, 2.05) is 26.0 Å². The van der Waals surface area contributed by atoms with E-state index in [-0.39, 0.29) is 6.10 Å². The first kappa shape index (κ1) is 13.0. The molecule has 1 rings (SSSR count). The lowest BCUT2D eigenvalue weighted by molar-refractivity contribution is 0.0870. The van der Waals surface area contributed by atoms with Crippen LogP contribution in [0.3, 0.4) is 0 Å². The number of hydrogen-bond donors (Lipinski definition) is 1. The summed E-state index contributed by atoms with van der Waals surface area (Å²) in [7, 11) is 1.71. The predicted molar refractivity (Wildman–Crippen MR) is 66.7 cm³/mol. The molecule has 0 bridgehead atoms. The second-order valence-electron chi connectivity index (χ2n) is 3.94. The molecular weight excluding hydrogens is 202 g/mol. The molecule has 3 nitrogen and oxygen atoms in total. The molecule has 0 aliphatic carbocycles. The van der Waals surface area contributed by atoms with E-state index in [9.17, 15) is 0 Å². The topological polar surface area (TPSA) is 30.5 Å². The van der Waals surface area contributed by atoms with Gasteiger partial charge < -0.3 is 14.8 Å². The third kappa shape index (κ3) is 4.64. The third-order valence-electron chi connectivity index (χ3n) is 2.19. The number of nitrogens with one attached hydrogen (secondary N) is 1. The Hall–Kier alpha value is -1.06. The lowest BCUT2D eigenvalue weighted by Crippen LogP contribution is -2.14. The molecule has 16 heavy (non-hydrogen) atoms. The van der Waals surface area contributed by atoms with E-state index in [0.717, 1.165) is 18.8 Å². The number of methoxy groups -OCH3 is 1. The summed E-state index contributed by atoms with van der Waals surface area (Å²) in [5.41, 5.74) is 2.30. The smallest absolute Gasteiger partial charge is 0.0733 e. The Balaban J connectivity index is 2.40. The van der Waals surface area contributed by atoms with E-state index in [1.165, 1.54) is 5.56 Å². The van der Waals surface area contributed by atoms with Gasteiger partial charge in [-0.05, 0) is 19.9 Å². The summed E-state index contributed by atoms with van der Waals surface area (Å²) >= 11 is 0. The van der Waals surface area contributed by atoms with Gasteiger partial charge in [0.25, 0.3) is 0 Å². The van der Waals surface area contributed by atoms with Crippen molar-refractivity contribution in [2.45, 2.75) is 26.6 Å². The molecule has 0 unspecified atom stereocenters. The highest BCUT2D eigenvalue weighted by atomic mass is 16.5. The maximum Gasteiger partial charge on any atom is 0.0733 e. The van der Waals surface area contributed by atoms with Crippen LogP contribution in [0.2, 0.25) is 0 Å². The van der Waals surface area contributed by atoms with Crippen molar-refractivity contribution in [2.75, 3.05) is 25.6 Å². The van der Waals surface area contributed by atoms with Gasteiger partial charge >= 0.3 is 0 Å². The van der Waals surface area contributed by atoms with Gasteiger partial charge in [-0.3, -0.25) is 0 Å². The summed E-state index contributed by atoms with van der Waals surface area (Å²) in [5.74, 6) is 0. The van der Waals surface area contributed by atoms with Gasteiger partial charge in [0, 0.05) is 24.9 Å². The quantitative estimate of drug-likeness (QED) is 0.721.